The van der Waals surface area contributed by atoms with Gasteiger partial charge in [-0.15, -0.1) is 0 Å². The van der Waals surface area contributed by atoms with E-state index in [1.54, 1.807) is 0 Å². The van der Waals surface area contributed by atoms with Gasteiger partial charge in [0.2, 0.25) is 0 Å². The van der Waals surface area contributed by atoms with Crippen molar-refractivity contribution in [2.45, 2.75) is 6.10 Å². The zero-order chi connectivity index (χ0) is 15.6. The first-order valence-corrected chi connectivity index (χ1v) is 9.08. The predicted molar refractivity (Wildman–Crippen MR) is 97.8 cm³/mol. The van der Waals surface area contributed by atoms with Crippen molar-refractivity contribution in [1.29, 1.82) is 0 Å². The van der Waals surface area contributed by atoms with Gasteiger partial charge in [0.25, 0.3) is 0 Å². The van der Waals surface area contributed by atoms with Gasteiger partial charge in [-0.05, 0) is 29.7 Å². The van der Waals surface area contributed by atoms with E-state index in [9.17, 15) is 5.11 Å². The van der Waals surface area contributed by atoms with Crippen molar-refractivity contribution in [2.24, 2.45) is 0 Å². The molecule has 1 aliphatic heterocycles. The molecule has 0 saturated heterocycles. The normalized spacial score (nSPS) is 17.9. The molecule has 4 rings (SSSR count). The first-order chi connectivity index (χ1) is 11.4. The summed E-state index contributed by atoms with van der Waals surface area (Å²) in [7, 11) is -0.528. The Morgan fingerprint density at radius 1 is 0.652 bits per heavy atom. The minimum absolute atomic E-state index is 0.516. The third-order valence-electron chi connectivity index (χ3n) is 4.09. The molecule has 23 heavy (non-hydrogen) atoms. The lowest BCUT2D eigenvalue weighted by Crippen LogP contribution is -1.97. The molecule has 0 bridgehead atoms. The maximum atomic E-state index is 10.9. The minimum atomic E-state index is -0.528. The van der Waals surface area contributed by atoms with Crippen LogP contribution < -0.4 is 5.30 Å². The van der Waals surface area contributed by atoms with E-state index in [-0.39, 0.29) is 0 Å². The number of rotatable bonds is 4. The Morgan fingerprint density at radius 2 is 1.17 bits per heavy atom. The summed E-state index contributed by atoms with van der Waals surface area (Å²) in [4.78, 5) is 0. The molecule has 1 aliphatic rings. The average molecular weight is 316 g/mol. The molecule has 0 spiro atoms. The van der Waals surface area contributed by atoms with Crippen molar-refractivity contribution < 1.29 is 5.11 Å². The monoisotopic (exact) mass is 316 g/mol. The third-order valence-corrected chi connectivity index (χ3v) is 6.58. The molecule has 2 unspecified atom stereocenters. The van der Waals surface area contributed by atoms with Crippen molar-refractivity contribution in [2.75, 3.05) is 0 Å². The van der Waals surface area contributed by atoms with Crippen LogP contribution in [-0.4, -0.2) is 5.11 Å². The highest BCUT2D eigenvalue weighted by Crippen LogP contribution is 2.76. The van der Waals surface area contributed by atoms with Gasteiger partial charge in [0, 0.05) is 5.31 Å². The van der Waals surface area contributed by atoms with Crippen LogP contribution in [0.25, 0.3) is 5.31 Å². The predicted octanol–water partition coefficient (Wildman–Crippen LogP) is 4.91. The van der Waals surface area contributed by atoms with Crippen molar-refractivity contribution in [1.82, 2.24) is 0 Å². The highest BCUT2D eigenvalue weighted by atomic mass is 31.1. The Labute approximate surface area is 137 Å². The van der Waals surface area contributed by atoms with E-state index >= 15 is 0 Å². The summed E-state index contributed by atoms with van der Waals surface area (Å²) < 4.78 is 0. The van der Waals surface area contributed by atoms with Crippen LogP contribution in [0.4, 0.5) is 0 Å². The molecule has 0 fully saturated rings. The topological polar surface area (TPSA) is 20.2 Å². The maximum absolute atomic E-state index is 10.9. The molecule has 3 aromatic carbocycles. The summed E-state index contributed by atoms with van der Waals surface area (Å²) in [5, 5.41) is 14.7. The SMILES string of the molecule is OC(C1=C(c2ccccc2)P1c1ccccc1)c1ccccc1. The molecule has 0 saturated carbocycles. The smallest absolute Gasteiger partial charge is 0.106 e. The Kier molecular flexibility index (Phi) is 3.83. The summed E-state index contributed by atoms with van der Waals surface area (Å²) in [6, 6.07) is 30.9. The molecule has 0 aromatic heterocycles. The summed E-state index contributed by atoms with van der Waals surface area (Å²) in [5.41, 5.74) is 2.20. The zero-order valence-electron chi connectivity index (χ0n) is 12.6. The van der Waals surface area contributed by atoms with E-state index in [2.05, 4.69) is 48.5 Å². The Hall–Kier alpha value is -2.21. The van der Waals surface area contributed by atoms with Crippen LogP contribution in [0.5, 0.6) is 0 Å². The molecule has 1 N–H and O–H groups in total. The zero-order valence-corrected chi connectivity index (χ0v) is 13.5. The fraction of sp³-hybridized carbons (Fsp3) is 0.0476. The molecule has 0 amide bonds. The molecule has 1 nitrogen and oxygen atoms in total. The molecule has 0 aliphatic carbocycles. The van der Waals surface area contributed by atoms with Gasteiger partial charge in [0.15, 0.2) is 0 Å². The highest BCUT2D eigenvalue weighted by molar-refractivity contribution is 7.87. The van der Waals surface area contributed by atoms with Crippen LogP contribution in [0, 0.1) is 0 Å². The first kappa shape index (κ1) is 14.4. The van der Waals surface area contributed by atoms with Gasteiger partial charge in [0.05, 0.1) is 0 Å². The molecular formula is C21H17OP. The van der Waals surface area contributed by atoms with E-state index in [1.165, 1.54) is 21.5 Å². The number of hydrogen-bond donors (Lipinski definition) is 1. The van der Waals surface area contributed by atoms with E-state index in [1.807, 2.05) is 42.5 Å². The largest absolute Gasteiger partial charge is 0.384 e. The van der Waals surface area contributed by atoms with E-state index < -0.39 is 14.0 Å². The summed E-state index contributed by atoms with van der Waals surface area (Å²) in [6.07, 6.45) is -0.516. The van der Waals surface area contributed by atoms with Gasteiger partial charge in [-0.25, -0.2) is 0 Å². The Bertz CT molecular complexity index is 825. The fourth-order valence-corrected chi connectivity index (χ4v) is 5.51. The molecule has 2 heteroatoms. The standard InChI is InChI=1S/C21H17OP/c22-19(16-10-4-1-5-11-16)21-20(17-12-6-2-7-13-17)23(21)18-14-8-3-9-15-18/h1-15,19,22H. The van der Waals surface area contributed by atoms with Gasteiger partial charge >= 0.3 is 0 Å². The van der Waals surface area contributed by atoms with E-state index in [0.29, 0.717) is 0 Å². The summed E-state index contributed by atoms with van der Waals surface area (Å²) in [5.74, 6) is 0. The minimum Gasteiger partial charge on any atom is -0.384 e. The quantitative estimate of drug-likeness (QED) is 0.678. The summed E-state index contributed by atoms with van der Waals surface area (Å²) >= 11 is 0. The molecular weight excluding hydrogens is 299 g/mol. The van der Waals surface area contributed by atoms with Crippen LogP contribution in [-0.2, 0) is 0 Å². The lowest BCUT2D eigenvalue weighted by atomic mass is 10.1. The molecule has 112 valence electrons. The lowest BCUT2D eigenvalue weighted by Gasteiger charge is -2.09. The van der Waals surface area contributed by atoms with Gasteiger partial charge in [-0.2, -0.15) is 0 Å². The Morgan fingerprint density at radius 3 is 1.78 bits per heavy atom. The van der Waals surface area contributed by atoms with Crippen molar-refractivity contribution in [3.8, 4) is 0 Å². The third kappa shape index (κ3) is 2.74. The Balaban J connectivity index is 1.75. The highest BCUT2D eigenvalue weighted by Gasteiger charge is 2.42. The fourth-order valence-electron chi connectivity index (χ4n) is 2.94. The molecule has 2 atom stereocenters. The second-order valence-electron chi connectivity index (χ2n) is 5.58. The molecule has 1 heterocycles. The van der Waals surface area contributed by atoms with Crippen molar-refractivity contribution in [3.05, 3.63) is 107 Å². The van der Waals surface area contributed by atoms with Gasteiger partial charge in [-0.3, -0.25) is 0 Å². The maximum Gasteiger partial charge on any atom is 0.106 e. The van der Waals surface area contributed by atoms with E-state index in [0.717, 1.165) is 5.56 Å². The van der Waals surface area contributed by atoms with Crippen LogP contribution in [0.3, 0.4) is 0 Å². The number of benzene rings is 3. The second kappa shape index (κ2) is 6.12. The number of aliphatic hydroxyl groups is 1. The van der Waals surface area contributed by atoms with Gasteiger partial charge in [-0.1, -0.05) is 91.0 Å². The summed E-state index contributed by atoms with van der Waals surface area (Å²) in [6.45, 7) is 0. The number of aliphatic hydroxyl groups excluding tert-OH is 1. The lowest BCUT2D eigenvalue weighted by molar-refractivity contribution is 0.227. The second-order valence-corrected chi connectivity index (χ2v) is 7.70. The number of hydrogen-bond acceptors (Lipinski definition) is 1. The van der Waals surface area contributed by atoms with Gasteiger partial charge in [0.1, 0.15) is 6.10 Å². The van der Waals surface area contributed by atoms with E-state index in [4.69, 9.17) is 0 Å². The van der Waals surface area contributed by atoms with Crippen LogP contribution in [0.1, 0.15) is 17.2 Å². The van der Waals surface area contributed by atoms with Crippen LogP contribution in [0.2, 0.25) is 0 Å². The first-order valence-electron chi connectivity index (χ1n) is 7.74. The van der Waals surface area contributed by atoms with Gasteiger partial charge < -0.3 is 5.11 Å². The van der Waals surface area contributed by atoms with Crippen molar-refractivity contribution >= 4 is 18.5 Å². The average Bonchev–Trinajstić information content (AvgIpc) is 3.39. The molecule has 3 aromatic rings. The molecule has 0 radical (unpaired) electrons. The van der Waals surface area contributed by atoms with Crippen LogP contribution in [0.15, 0.2) is 96.3 Å². The van der Waals surface area contributed by atoms with Crippen LogP contribution >= 0.6 is 7.92 Å². The van der Waals surface area contributed by atoms with Crippen molar-refractivity contribution in [3.63, 3.8) is 0 Å².